The van der Waals surface area contributed by atoms with E-state index in [-0.39, 0.29) is 12.0 Å². The van der Waals surface area contributed by atoms with Gasteiger partial charge in [0, 0.05) is 12.1 Å². The average Bonchev–Trinajstić information content (AvgIpc) is 2.90. The van der Waals surface area contributed by atoms with Crippen molar-refractivity contribution in [1.29, 1.82) is 0 Å². The maximum Gasteiger partial charge on any atom is 0.335 e. The number of carbonyl (C=O) groups is 4. The summed E-state index contributed by atoms with van der Waals surface area (Å²) < 4.78 is 0. The highest BCUT2D eigenvalue weighted by atomic mass is 32.2. The van der Waals surface area contributed by atoms with Crippen molar-refractivity contribution in [2.75, 3.05) is 10.2 Å². The standard InChI is InChI=1S/C19H16N2O5S/c1-11-7-8-12(18(24)25)9-14(11)20-16(22)10-15-17(23)21(19(26)27-15)13-5-3-2-4-6-13/h2-9,15H,10H2,1H3,(H,20,22)(H,24,25)/t15-/m1/s1. The highest BCUT2D eigenvalue weighted by molar-refractivity contribution is 8.15. The van der Waals surface area contributed by atoms with E-state index in [1.807, 2.05) is 0 Å². The maximum absolute atomic E-state index is 12.5. The fraction of sp³-hybridized carbons (Fsp3) is 0.158. The third-order valence-electron chi connectivity index (χ3n) is 4.07. The number of hydrogen-bond donors (Lipinski definition) is 2. The third kappa shape index (κ3) is 4.01. The quantitative estimate of drug-likeness (QED) is 0.820. The Hall–Kier alpha value is -3.13. The Morgan fingerprint density at radius 2 is 1.85 bits per heavy atom. The van der Waals surface area contributed by atoms with Crippen molar-refractivity contribution < 1.29 is 24.3 Å². The summed E-state index contributed by atoms with van der Waals surface area (Å²) in [6.07, 6.45) is -0.185. The van der Waals surface area contributed by atoms with Crippen molar-refractivity contribution in [2.24, 2.45) is 0 Å². The van der Waals surface area contributed by atoms with E-state index < -0.39 is 28.3 Å². The van der Waals surface area contributed by atoms with Gasteiger partial charge in [-0.15, -0.1) is 0 Å². The molecule has 1 atom stereocenters. The number of carboxylic acid groups (broad SMARTS) is 1. The van der Waals surface area contributed by atoms with Crippen LogP contribution in [0.1, 0.15) is 22.3 Å². The van der Waals surface area contributed by atoms with E-state index in [2.05, 4.69) is 5.32 Å². The van der Waals surface area contributed by atoms with Crippen LogP contribution in [0.5, 0.6) is 0 Å². The number of nitrogens with zero attached hydrogens (tertiary/aromatic N) is 1. The Kier molecular flexibility index (Phi) is 5.27. The molecule has 0 radical (unpaired) electrons. The smallest absolute Gasteiger partial charge is 0.335 e. The number of hydrogen-bond acceptors (Lipinski definition) is 5. The molecule has 3 rings (SSSR count). The lowest BCUT2D eigenvalue weighted by molar-refractivity contribution is -0.121. The Labute approximate surface area is 159 Å². The van der Waals surface area contributed by atoms with E-state index in [1.54, 1.807) is 43.3 Å². The van der Waals surface area contributed by atoms with Crippen molar-refractivity contribution in [3.8, 4) is 0 Å². The lowest BCUT2D eigenvalue weighted by atomic mass is 10.1. The summed E-state index contributed by atoms with van der Waals surface area (Å²) in [5.74, 6) is -2.01. The van der Waals surface area contributed by atoms with Crippen LogP contribution in [0.4, 0.5) is 16.2 Å². The van der Waals surface area contributed by atoms with Gasteiger partial charge >= 0.3 is 5.97 Å². The van der Waals surface area contributed by atoms with Crippen molar-refractivity contribution in [2.45, 2.75) is 18.6 Å². The Balaban J connectivity index is 1.70. The molecule has 1 fully saturated rings. The van der Waals surface area contributed by atoms with E-state index in [1.165, 1.54) is 12.1 Å². The third-order valence-corrected chi connectivity index (χ3v) is 5.10. The number of rotatable bonds is 5. The first-order chi connectivity index (χ1) is 12.9. The van der Waals surface area contributed by atoms with Crippen molar-refractivity contribution >= 4 is 46.2 Å². The first kappa shape index (κ1) is 18.7. The first-order valence-corrected chi connectivity index (χ1v) is 8.98. The minimum atomic E-state index is -1.10. The van der Waals surface area contributed by atoms with E-state index in [0.29, 0.717) is 16.9 Å². The molecule has 0 unspecified atom stereocenters. The minimum absolute atomic E-state index is 0.0487. The summed E-state index contributed by atoms with van der Waals surface area (Å²) in [7, 11) is 0. The van der Waals surface area contributed by atoms with Crippen LogP contribution in [0.25, 0.3) is 0 Å². The van der Waals surface area contributed by atoms with Gasteiger partial charge < -0.3 is 10.4 Å². The van der Waals surface area contributed by atoms with Gasteiger partial charge in [0.15, 0.2) is 0 Å². The summed E-state index contributed by atoms with van der Waals surface area (Å²) >= 11 is 0.810. The molecule has 0 spiro atoms. The Bertz CT molecular complexity index is 929. The SMILES string of the molecule is Cc1ccc(C(=O)O)cc1NC(=O)C[C@H]1SC(=O)N(c2ccccc2)C1=O. The molecule has 1 saturated heterocycles. The fourth-order valence-corrected chi connectivity index (χ4v) is 3.64. The second kappa shape index (κ2) is 7.63. The van der Waals surface area contributed by atoms with E-state index in [4.69, 9.17) is 5.11 Å². The van der Waals surface area contributed by atoms with Gasteiger partial charge in [-0.25, -0.2) is 9.69 Å². The highest BCUT2D eigenvalue weighted by Crippen LogP contribution is 2.33. The first-order valence-electron chi connectivity index (χ1n) is 8.10. The van der Waals surface area contributed by atoms with Crippen LogP contribution in [0, 0.1) is 6.92 Å². The number of carbonyl (C=O) groups excluding carboxylic acids is 3. The molecule has 2 aromatic rings. The van der Waals surface area contributed by atoms with Crippen LogP contribution >= 0.6 is 11.8 Å². The van der Waals surface area contributed by atoms with Gasteiger partial charge in [0.25, 0.3) is 5.24 Å². The molecule has 27 heavy (non-hydrogen) atoms. The van der Waals surface area contributed by atoms with Crippen molar-refractivity contribution in [1.82, 2.24) is 0 Å². The second-order valence-corrected chi connectivity index (χ2v) is 7.12. The number of carboxylic acids is 1. The topological polar surface area (TPSA) is 104 Å². The van der Waals surface area contributed by atoms with Crippen LogP contribution in [0.2, 0.25) is 0 Å². The van der Waals surface area contributed by atoms with Crippen molar-refractivity contribution in [3.63, 3.8) is 0 Å². The minimum Gasteiger partial charge on any atom is -0.478 e. The summed E-state index contributed by atoms with van der Waals surface area (Å²) in [4.78, 5) is 49.2. The average molecular weight is 384 g/mol. The van der Waals surface area contributed by atoms with Gasteiger partial charge in [0.05, 0.1) is 11.3 Å². The Morgan fingerprint density at radius 3 is 2.52 bits per heavy atom. The lowest BCUT2D eigenvalue weighted by Crippen LogP contribution is -2.32. The van der Waals surface area contributed by atoms with Crippen LogP contribution in [-0.4, -0.2) is 33.4 Å². The van der Waals surface area contributed by atoms with Crippen LogP contribution in [-0.2, 0) is 9.59 Å². The molecule has 0 aromatic heterocycles. The van der Waals surface area contributed by atoms with Gasteiger partial charge in [-0.1, -0.05) is 24.3 Å². The normalized spacial score (nSPS) is 16.5. The zero-order valence-electron chi connectivity index (χ0n) is 14.3. The molecule has 3 amide bonds. The number of benzene rings is 2. The molecule has 2 N–H and O–H groups in total. The van der Waals surface area contributed by atoms with E-state index in [9.17, 15) is 19.2 Å². The summed E-state index contributed by atoms with van der Waals surface area (Å²) in [6, 6.07) is 12.9. The number of aryl methyl sites for hydroxylation is 1. The predicted octanol–water partition coefficient (Wildman–Crippen LogP) is 3.29. The predicted molar refractivity (Wildman–Crippen MR) is 102 cm³/mol. The Morgan fingerprint density at radius 1 is 1.15 bits per heavy atom. The monoisotopic (exact) mass is 384 g/mol. The second-order valence-electron chi connectivity index (χ2n) is 5.97. The number of thioether (sulfide) groups is 1. The van der Waals surface area contributed by atoms with E-state index >= 15 is 0 Å². The summed E-state index contributed by atoms with van der Waals surface area (Å²) in [5.41, 5.74) is 1.57. The number of imide groups is 1. The molecule has 7 nitrogen and oxygen atoms in total. The number of anilines is 2. The van der Waals surface area contributed by atoms with Crippen LogP contribution in [0.3, 0.4) is 0 Å². The highest BCUT2D eigenvalue weighted by Gasteiger charge is 2.41. The molecule has 0 bridgehead atoms. The van der Waals surface area contributed by atoms with Crippen LogP contribution in [0.15, 0.2) is 48.5 Å². The lowest BCUT2D eigenvalue weighted by Gasteiger charge is -2.14. The maximum atomic E-state index is 12.5. The van der Waals surface area contributed by atoms with Gasteiger partial charge in [-0.2, -0.15) is 0 Å². The molecule has 1 aliphatic rings. The molecule has 2 aromatic carbocycles. The number of para-hydroxylation sites is 1. The molecular formula is C19H16N2O5S. The molecule has 138 valence electrons. The van der Waals surface area contributed by atoms with Gasteiger partial charge in [-0.3, -0.25) is 14.4 Å². The van der Waals surface area contributed by atoms with Gasteiger partial charge in [0.1, 0.15) is 5.25 Å². The zero-order valence-corrected chi connectivity index (χ0v) is 15.2. The van der Waals surface area contributed by atoms with E-state index in [0.717, 1.165) is 16.7 Å². The number of amides is 3. The molecule has 0 saturated carbocycles. The largest absolute Gasteiger partial charge is 0.478 e. The number of nitrogens with one attached hydrogen (secondary N) is 1. The molecule has 0 aliphatic carbocycles. The fourth-order valence-electron chi connectivity index (χ4n) is 2.66. The molecule has 8 heteroatoms. The van der Waals surface area contributed by atoms with Gasteiger partial charge in [-0.05, 0) is 48.5 Å². The summed E-state index contributed by atoms with van der Waals surface area (Å²) in [5, 5.41) is 10.4. The molecule has 1 aliphatic heterocycles. The molecule has 1 heterocycles. The van der Waals surface area contributed by atoms with Gasteiger partial charge in [0.2, 0.25) is 11.8 Å². The van der Waals surface area contributed by atoms with Crippen LogP contribution < -0.4 is 10.2 Å². The molecular weight excluding hydrogens is 368 g/mol. The zero-order chi connectivity index (χ0) is 19.6. The summed E-state index contributed by atoms with van der Waals surface area (Å²) in [6.45, 7) is 1.73. The van der Waals surface area contributed by atoms with Crippen molar-refractivity contribution in [3.05, 3.63) is 59.7 Å². The number of aromatic carboxylic acids is 1.